The summed E-state index contributed by atoms with van der Waals surface area (Å²) in [5.74, 6) is 0. The molecule has 1 aromatic carbocycles. The van der Waals surface area contributed by atoms with Crippen LogP contribution in [0.4, 0.5) is 5.69 Å². The van der Waals surface area contributed by atoms with Crippen LogP contribution in [0.1, 0.15) is 0 Å². The van der Waals surface area contributed by atoms with Crippen molar-refractivity contribution in [1.29, 1.82) is 0 Å². The van der Waals surface area contributed by atoms with E-state index in [9.17, 15) is 8.42 Å². The lowest BCUT2D eigenvalue weighted by atomic mass is 10.3. The third-order valence-corrected chi connectivity index (χ3v) is 2.46. The van der Waals surface area contributed by atoms with Gasteiger partial charge in [0.15, 0.2) is 0 Å². The first-order chi connectivity index (χ1) is 6.54. The normalized spacial score (nSPS) is 11.3. The molecule has 0 aromatic heterocycles. The molecule has 0 unspecified atom stereocenters. The molecule has 0 aliphatic carbocycles. The smallest absolute Gasteiger partial charge is 0.294 e. The van der Waals surface area contributed by atoms with Crippen molar-refractivity contribution in [2.24, 2.45) is 0 Å². The van der Waals surface area contributed by atoms with Crippen LogP contribution in [-0.2, 0) is 10.1 Å². The molecule has 0 saturated heterocycles. The monoisotopic (exact) mass is 217 g/mol. The maximum Gasteiger partial charge on any atom is 0.294 e. The Kier molecular flexibility index (Phi) is 3.45. The van der Waals surface area contributed by atoms with Crippen molar-refractivity contribution in [3.05, 3.63) is 24.3 Å². The van der Waals surface area contributed by atoms with Gasteiger partial charge in [-0.3, -0.25) is 4.55 Å². The van der Waals surface area contributed by atoms with Gasteiger partial charge in [0.05, 0.1) is 11.5 Å². The lowest BCUT2D eigenvalue weighted by molar-refractivity contribution is 0.311. The highest BCUT2D eigenvalue weighted by Crippen LogP contribution is 2.13. The van der Waals surface area contributed by atoms with E-state index in [0.717, 1.165) is 0 Å². The van der Waals surface area contributed by atoms with Crippen molar-refractivity contribution in [3.8, 4) is 0 Å². The third kappa shape index (κ3) is 2.99. The largest absolute Gasteiger partial charge is 0.395 e. The van der Waals surface area contributed by atoms with E-state index in [1.165, 1.54) is 24.3 Å². The van der Waals surface area contributed by atoms with Gasteiger partial charge >= 0.3 is 0 Å². The average molecular weight is 217 g/mol. The Morgan fingerprint density at radius 1 is 1.21 bits per heavy atom. The van der Waals surface area contributed by atoms with Gasteiger partial charge in [-0.25, -0.2) is 0 Å². The molecule has 0 aliphatic heterocycles. The molecule has 0 fully saturated rings. The fourth-order valence-electron chi connectivity index (χ4n) is 0.945. The quantitative estimate of drug-likeness (QED) is 0.633. The number of hydrogen-bond acceptors (Lipinski definition) is 4. The van der Waals surface area contributed by atoms with E-state index in [2.05, 4.69) is 5.32 Å². The molecule has 0 saturated carbocycles. The number of hydrogen-bond donors (Lipinski definition) is 3. The SMILES string of the molecule is O=S(=O)(O)c1ccc(NCCO)cc1. The Hall–Kier alpha value is -1.11. The van der Waals surface area contributed by atoms with Gasteiger partial charge in [0.2, 0.25) is 0 Å². The minimum absolute atomic E-state index is 0.0000496. The molecule has 5 nitrogen and oxygen atoms in total. The van der Waals surface area contributed by atoms with Gasteiger partial charge in [-0.2, -0.15) is 8.42 Å². The number of nitrogens with one attached hydrogen (secondary N) is 1. The summed E-state index contributed by atoms with van der Waals surface area (Å²) in [6.45, 7) is 0.394. The van der Waals surface area contributed by atoms with Gasteiger partial charge in [0, 0.05) is 12.2 Å². The minimum atomic E-state index is -4.12. The molecule has 0 spiro atoms. The van der Waals surface area contributed by atoms with E-state index >= 15 is 0 Å². The summed E-state index contributed by atoms with van der Waals surface area (Å²) < 4.78 is 30.0. The highest BCUT2D eigenvalue weighted by Gasteiger charge is 2.07. The second-order valence-corrected chi connectivity index (χ2v) is 4.07. The van der Waals surface area contributed by atoms with Crippen molar-refractivity contribution >= 4 is 15.8 Å². The second-order valence-electron chi connectivity index (χ2n) is 2.65. The van der Waals surface area contributed by atoms with Crippen LogP contribution in [0, 0.1) is 0 Å². The van der Waals surface area contributed by atoms with Crippen LogP contribution in [0.15, 0.2) is 29.2 Å². The summed E-state index contributed by atoms with van der Waals surface area (Å²) in [7, 11) is -4.12. The lowest BCUT2D eigenvalue weighted by Gasteiger charge is -2.04. The van der Waals surface area contributed by atoms with E-state index in [4.69, 9.17) is 9.66 Å². The molecular formula is C8H11NO4S. The van der Waals surface area contributed by atoms with Crippen LogP contribution in [0.3, 0.4) is 0 Å². The van der Waals surface area contributed by atoms with Gasteiger partial charge in [-0.1, -0.05) is 0 Å². The predicted molar refractivity (Wildman–Crippen MR) is 51.8 cm³/mol. The molecule has 0 atom stereocenters. The van der Waals surface area contributed by atoms with E-state index < -0.39 is 10.1 Å². The Morgan fingerprint density at radius 3 is 2.21 bits per heavy atom. The van der Waals surface area contributed by atoms with Crippen molar-refractivity contribution in [2.45, 2.75) is 4.90 Å². The Morgan fingerprint density at radius 2 is 1.79 bits per heavy atom. The van der Waals surface area contributed by atoms with E-state index in [0.29, 0.717) is 12.2 Å². The first kappa shape index (κ1) is 11.0. The van der Waals surface area contributed by atoms with Gasteiger partial charge in [-0.05, 0) is 24.3 Å². The molecule has 1 rings (SSSR count). The maximum absolute atomic E-state index is 10.7. The van der Waals surface area contributed by atoms with Crippen LogP contribution >= 0.6 is 0 Å². The molecule has 0 amide bonds. The van der Waals surface area contributed by atoms with E-state index in [1.807, 2.05) is 0 Å². The molecule has 3 N–H and O–H groups in total. The van der Waals surface area contributed by atoms with Crippen LogP contribution in [0.25, 0.3) is 0 Å². The molecular weight excluding hydrogens is 206 g/mol. The zero-order valence-electron chi connectivity index (χ0n) is 7.34. The first-order valence-electron chi connectivity index (χ1n) is 3.96. The Balaban J connectivity index is 2.79. The molecule has 0 radical (unpaired) electrons. The number of anilines is 1. The summed E-state index contributed by atoms with van der Waals surface area (Å²) >= 11 is 0. The van der Waals surface area contributed by atoms with Crippen molar-refractivity contribution in [3.63, 3.8) is 0 Å². The lowest BCUT2D eigenvalue weighted by Crippen LogP contribution is -2.05. The number of aliphatic hydroxyl groups is 1. The van der Waals surface area contributed by atoms with Crippen LogP contribution in [0.5, 0.6) is 0 Å². The topological polar surface area (TPSA) is 86.6 Å². The number of rotatable bonds is 4. The maximum atomic E-state index is 10.7. The Labute approximate surface area is 82.1 Å². The fraction of sp³-hybridized carbons (Fsp3) is 0.250. The van der Waals surface area contributed by atoms with Crippen LogP contribution in [-0.4, -0.2) is 31.2 Å². The molecule has 14 heavy (non-hydrogen) atoms. The molecule has 0 bridgehead atoms. The summed E-state index contributed by atoms with van der Waals surface area (Å²) in [6, 6.07) is 5.60. The number of aliphatic hydroxyl groups excluding tert-OH is 1. The zero-order valence-corrected chi connectivity index (χ0v) is 8.16. The molecule has 0 aliphatic rings. The molecule has 6 heteroatoms. The van der Waals surface area contributed by atoms with E-state index in [1.54, 1.807) is 0 Å². The second kappa shape index (κ2) is 4.41. The van der Waals surface area contributed by atoms with Crippen molar-refractivity contribution in [1.82, 2.24) is 0 Å². The van der Waals surface area contributed by atoms with Crippen LogP contribution < -0.4 is 5.32 Å². The van der Waals surface area contributed by atoms with Crippen molar-refractivity contribution in [2.75, 3.05) is 18.5 Å². The Bertz CT molecular complexity index is 384. The molecule has 78 valence electrons. The highest BCUT2D eigenvalue weighted by molar-refractivity contribution is 7.85. The van der Waals surface area contributed by atoms with Crippen molar-refractivity contribution < 1.29 is 18.1 Å². The minimum Gasteiger partial charge on any atom is -0.395 e. The summed E-state index contributed by atoms with van der Waals surface area (Å²) in [5.41, 5.74) is 0.687. The third-order valence-electron chi connectivity index (χ3n) is 1.59. The molecule has 1 aromatic rings. The van der Waals surface area contributed by atoms with Gasteiger partial charge in [-0.15, -0.1) is 0 Å². The van der Waals surface area contributed by atoms with Gasteiger partial charge in [0.1, 0.15) is 0 Å². The van der Waals surface area contributed by atoms with Crippen LogP contribution in [0.2, 0.25) is 0 Å². The fourth-order valence-corrected chi connectivity index (χ4v) is 1.43. The van der Waals surface area contributed by atoms with E-state index in [-0.39, 0.29) is 11.5 Å². The van der Waals surface area contributed by atoms with Gasteiger partial charge < -0.3 is 10.4 Å². The predicted octanol–water partition coefficient (Wildman–Crippen LogP) is 0.338. The standard InChI is InChI=1S/C8H11NO4S/c10-6-5-9-7-1-3-8(4-2-7)14(11,12)13/h1-4,9-10H,5-6H2,(H,11,12,13). The zero-order chi connectivity index (χ0) is 10.6. The average Bonchev–Trinajstić information content (AvgIpc) is 2.14. The summed E-state index contributed by atoms with van der Waals surface area (Å²) in [4.78, 5) is -0.146. The van der Waals surface area contributed by atoms with Gasteiger partial charge in [0.25, 0.3) is 10.1 Å². The first-order valence-corrected chi connectivity index (χ1v) is 5.40. The molecule has 0 heterocycles. The summed E-state index contributed by atoms with van der Waals surface area (Å²) in [5, 5.41) is 11.4. The highest BCUT2D eigenvalue weighted by atomic mass is 32.2. The number of benzene rings is 1. The summed E-state index contributed by atoms with van der Waals surface area (Å²) in [6.07, 6.45) is 0.